The number of aryl methyl sites for hydroxylation is 1. The number of carbonyl (C=O) groups is 1. The summed E-state index contributed by atoms with van der Waals surface area (Å²) in [6, 6.07) is 0. The molecule has 2 heterocycles. The van der Waals surface area contributed by atoms with E-state index in [2.05, 4.69) is 25.5 Å². The Hall–Kier alpha value is -1.86. The summed E-state index contributed by atoms with van der Waals surface area (Å²) in [7, 11) is 0. The van der Waals surface area contributed by atoms with Crippen LogP contribution in [-0.4, -0.2) is 26.1 Å². The number of carbonyl (C=O) groups excluding carboxylic acids is 1. The van der Waals surface area contributed by atoms with E-state index in [4.69, 9.17) is 28.9 Å². The molecule has 1 amide bonds. The molecule has 0 aliphatic rings. The molecule has 0 fully saturated rings. The molecule has 0 aliphatic carbocycles. The predicted molar refractivity (Wildman–Crippen MR) is 67.7 cm³/mol. The lowest BCUT2D eigenvalue weighted by Gasteiger charge is -2.05. The third-order valence-corrected chi connectivity index (χ3v) is 2.93. The molecule has 0 bridgehead atoms. The monoisotopic (exact) mass is 286 g/mol. The van der Waals surface area contributed by atoms with Gasteiger partial charge in [0.15, 0.2) is 16.7 Å². The third-order valence-electron chi connectivity index (χ3n) is 2.19. The summed E-state index contributed by atoms with van der Waals surface area (Å²) in [6.45, 7) is 1.70. The van der Waals surface area contributed by atoms with Gasteiger partial charge in [0, 0.05) is 0 Å². The maximum atomic E-state index is 11.9. The number of aromatic amines is 1. The van der Waals surface area contributed by atoms with Crippen molar-refractivity contribution in [3.8, 4) is 0 Å². The summed E-state index contributed by atoms with van der Waals surface area (Å²) < 4.78 is 0. The minimum Gasteiger partial charge on any atom is -0.395 e. The molecule has 94 valence electrons. The number of hydrogen-bond acceptors (Lipinski definition) is 5. The van der Waals surface area contributed by atoms with Gasteiger partial charge in [0.1, 0.15) is 11.3 Å². The van der Waals surface area contributed by atoms with E-state index in [0.717, 1.165) is 0 Å². The van der Waals surface area contributed by atoms with Gasteiger partial charge < -0.3 is 11.1 Å². The van der Waals surface area contributed by atoms with Crippen molar-refractivity contribution < 1.29 is 4.79 Å². The van der Waals surface area contributed by atoms with Crippen molar-refractivity contribution in [2.75, 3.05) is 11.1 Å². The van der Waals surface area contributed by atoms with Crippen molar-refractivity contribution in [3.05, 3.63) is 27.9 Å². The van der Waals surface area contributed by atoms with Gasteiger partial charge in [0.25, 0.3) is 5.91 Å². The van der Waals surface area contributed by atoms with Crippen molar-refractivity contribution in [2.24, 2.45) is 0 Å². The van der Waals surface area contributed by atoms with Crippen LogP contribution in [0.5, 0.6) is 0 Å². The van der Waals surface area contributed by atoms with Gasteiger partial charge in [0.2, 0.25) is 0 Å². The first-order valence-electron chi connectivity index (χ1n) is 4.78. The summed E-state index contributed by atoms with van der Waals surface area (Å²) in [4.78, 5) is 19.3. The number of anilines is 2. The average Bonchev–Trinajstić information content (AvgIpc) is 2.66. The smallest absolute Gasteiger partial charge is 0.279 e. The van der Waals surface area contributed by atoms with E-state index in [1.165, 1.54) is 6.33 Å². The molecule has 0 unspecified atom stereocenters. The highest BCUT2D eigenvalue weighted by molar-refractivity contribution is 6.43. The van der Waals surface area contributed by atoms with Crippen LogP contribution < -0.4 is 11.1 Å². The van der Waals surface area contributed by atoms with E-state index in [1.807, 2.05) is 0 Å². The number of hydrogen-bond donors (Lipinski definition) is 3. The van der Waals surface area contributed by atoms with Crippen molar-refractivity contribution in [1.82, 2.24) is 20.2 Å². The number of nitrogens with zero attached hydrogens (tertiary/aromatic N) is 3. The number of nitrogen functional groups attached to an aromatic ring is 1. The molecule has 0 saturated heterocycles. The van der Waals surface area contributed by atoms with E-state index >= 15 is 0 Å². The lowest BCUT2D eigenvalue weighted by Crippen LogP contribution is -2.15. The van der Waals surface area contributed by atoms with Gasteiger partial charge in [-0.05, 0) is 6.92 Å². The van der Waals surface area contributed by atoms with Crippen LogP contribution in [0.3, 0.4) is 0 Å². The van der Waals surface area contributed by atoms with Gasteiger partial charge in [-0.25, -0.2) is 9.97 Å². The average molecular weight is 287 g/mol. The topological polar surface area (TPSA) is 110 Å². The van der Waals surface area contributed by atoms with Crippen molar-refractivity contribution in [2.45, 2.75) is 6.92 Å². The molecule has 0 aromatic carbocycles. The summed E-state index contributed by atoms with van der Waals surface area (Å²) in [5.41, 5.74) is 6.62. The van der Waals surface area contributed by atoms with Gasteiger partial charge >= 0.3 is 0 Å². The van der Waals surface area contributed by atoms with Crippen molar-refractivity contribution in [3.63, 3.8) is 0 Å². The molecular weight excluding hydrogens is 279 g/mol. The second-order valence-electron chi connectivity index (χ2n) is 3.39. The Labute approximate surface area is 112 Å². The standard InChI is InChI=1S/C9H8Cl2N6O/c1-3-5(12)6(17-16-3)9(18)15-8-4(10)7(11)13-2-14-8/h2H,12H2,1H3,(H,16,17)(H,13,14,15,18). The van der Waals surface area contributed by atoms with E-state index in [-0.39, 0.29) is 27.4 Å². The third kappa shape index (κ3) is 2.22. The van der Waals surface area contributed by atoms with Crippen molar-refractivity contribution >= 4 is 40.6 Å². The minimum atomic E-state index is -0.534. The van der Waals surface area contributed by atoms with Crippen LogP contribution in [0.4, 0.5) is 11.5 Å². The molecule has 9 heteroatoms. The SMILES string of the molecule is Cc1[nH]nc(C(=O)Nc2ncnc(Cl)c2Cl)c1N. The Bertz CT molecular complexity index is 611. The first-order valence-corrected chi connectivity index (χ1v) is 5.54. The largest absolute Gasteiger partial charge is 0.395 e. The Balaban J connectivity index is 2.27. The van der Waals surface area contributed by atoms with Gasteiger partial charge in [-0.2, -0.15) is 5.10 Å². The van der Waals surface area contributed by atoms with Crippen LogP contribution in [0.15, 0.2) is 6.33 Å². The predicted octanol–water partition coefficient (Wildman–Crippen LogP) is 1.65. The normalized spacial score (nSPS) is 10.4. The number of rotatable bonds is 2. The molecule has 0 radical (unpaired) electrons. The zero-order chi connectivity index (χ0) is 13.3. The molecular formula is C9H8Cl2N6O. The van der Waals surface area contributed by atoms with Gasteiger partial charge in [-0.3, -0.25) is 9.89 Å². The van der Waals surface area contributed by atoms with E-state index < -0.39 is 5.91 Å². The van der Waals surface area contributed by atoms with Crippen LogP contribution in [0.2, 0.25) is 10.2 Å². The fourth-order valence-electron chi connectivity index (χ4n) is 1.21. The Kier molecular flexibility index (Phi) is 3.35. The minimum absolute atomic E-state index is 0.0492. The molecule has 2 aromatic heterocycles. The molecule has 2 aromatic rings. The van der Waals surface area contributed by atoms with Crippen LogP contribution in [0.1, 0.15) is 16.2 Å². The zero-order valence-electron chi connectivity index (χ0n) is 9.16. The maximum absolute atomic E-state index is 11.9. The van der Waals surface area contributed by atoms with E-state index in [9.17, 15) is 4.79 Å². The number of halogens is 2. The van der Waals surface area contributed by atoms with E-state index in [0.29, 0.717) is 5.69 Å². The second kappa shape index (κ2) is 4.79. The molecule has 18 heavy (non-hydrogen) atoms. The molecule has 7 nitrogen and oxygen atoms in total. The summed E-state index contributed by atoms with van der Waals surface area (Å²) >= 11 is 11.5. The van der Waals surface area contributed by atoms with Gasteiger partial charge in [-0.1, -0.05) is 23.2 Å². The van der Waals surface area contributed by atoms with E-state index in [1.54, 1.807) is 6.92 Å². The summed E-state index contributed by atoms with van der Waals surface area (Å²) in [5, 5.41) is 8.94. The number of amides is 1. The number of nitrogens with one attached hydrogen (secondary N) is 2. The second-order valence-corrected chi connectivity index (χ2v) is 4.13. The lowest BCUT2D eigenvalue weighted by molar-refractivity contribution is 0.102. The molecule has 0 aliphatic heterocycles. The quantitative estimate of drug-likeness (QED) is 0.727. The van der Waals surface area contributed by atoms with Crippen LogP contribution in [0.25, 0.3) is 0 Å². The molecule has 0 spiro atoms. The Morgan fingerprint density at radius 3 is 2.78 bits per heavy atom. The highest BCUT2D eigenvalue weighted by atomic mass is 35.5. The molecule has 4 N–H and O–H groups in total. The maximum Gasteiger partial charge on any atom is 0.279 e. The number of H-pyrrole nitrogens is 1. The first kappa shape index (κ1) is 12.6. The van der Waals surface area contributed by atoms with Crippen LogP contribution in [0, 0.1) is 6.92 Å². The molecule has 0 saturated carbocycles. The molecule has 2 rings (SSSR count). The Morgan fingerprint density at radius 1 is 1.44 bits per heavy atom. The Morgan fingerprint density at radius 2 is 2.17 bits per heavy atom. The van der Waals surface area contributed by atoms with Crippen molar-refractivity contribution in [1.29, 1.82) is 0 Å². The fourth-order valence-corrected chi connectivity index (χ4v) is 1.49. The lowest BCUT2D eigenvalue weighted by atomic mass is 10.3. The molecule has 0 atom stereocenters. The number of aromatic nitrogens is 4. The van der Waals surface area contributed by atoms with Gasteiger partial charge in [0.05, 0.1) is 11.4 Å². The summed E-state index contributed by atoms with van der Waals surface area (Å²) in [6.07, 6.45) is 1.18. The summed E-state index contributed by atoms with van der Waals surface area (Å²) in [5.74, 6) is -0.435. The van der Waals surface area contributed by atoms with Crippen LogP contribution in [-0.2, 0) is 0 Å². The first-order chi connectivity index (χ1) is 8.50. The highest BCUT2D eigenvalue weighted by Crippen LogP contribution is 2.26. The van der Waals surface area contributed by atoms with Crippen LogP contribution >= 0.6 is 23.2 Å². The highest BCUT2D eigenvalue weighted by Gasteiger charge is 2.18. The van der Waals surface area contributed by atoms with Gasteiger partial charge in [-0.15, -0.1) is 0 Å². The zero-order valence-corrected chi connectivity index (χ0v) is 10.7. The fraction of sp³-hybridized carbons (Fsp3) is 0.111. The number of nitrogens with two attached hydrogens (primary N) is 1.